The normalized spacial score (nSPS) is 20.3. The summed E-state index contributed by atoms with van der Waals surface area (Å²) in [5.74, 6) is 4.82. The molecule has 2 N–H and O–H groups in total. The average Bonchev–Trinajstić information content (AvgIpc) is 3.26. The summed E-state index contributed by atoms with van der Waals surface area (Å²) >= 11 is 5.47. The van der Waals surface area contributed by atoms with Crippen molar-refractivity contribution in [2.45, 2.75) is 46.1 Å². The van der Waals surface area contributed by atoms with E-state index in [0.29, 0.717) is 23.5 Å². The number of aromatic nitrogens is 2. The van der Waals surface area contributed by atoms with Gasteiger partial charge in [0.15, 0.2) is 5.11 Å². The van der Waals surface area contributed by atoms with E-state index in [0.717, 1.165) is 49.5 Å². The largest absolute Gasteiger partial charge is 0.467 e. The van der Waals surface area contributed by atoms with Gasteiger partial charge in [0, 0.05) is 32.2 Å². The number of anilines is 3. The quantitative estimate of drug-likeness (QED) is 0.692. The number of furan rings is 1. The summed E-state index contributed by atoms with van der Waals surface area (Å²) in [6.45, 7) is 9.32. The Kier molecular flexibility index (Phi) is 6.72. The third-order valence-corrected chi connectivity index (χ3v) is 6.26. The van der Waals surface area contributed by atoms with E-state index in [2.05, 4.69) is 40.3 Å². The monoisotopic (exact) mass is 428 g/mol. The average molecular weight is 429 g/mol. The van der Waals surface area contributed by atoms with Crippen LogP contribution in [-0.4, -0.2) is 41.3 Å². The van der Waals surface area contributed by atoms with Gasteiger partial charge >= 0.3 is 0 Å². The van der Waals surface area contributed by atoms with Gasteiger partial charge in [-0.15, -0.1) is 0 Å². The third-order valence-electron chi connectivity index (χ3n) is 6.02. The van der Waals surface area contributed by atoms with Gasteiger partial charge in [0.1, 0.15) is 17.4 Å². The zero-order chi connectivity index (χ0) is 20.9. The van der Waals surface area contributed by atoms with Gasteiger partial charge in [-0.1, -0.05) is 13.8 Å². The van der Waals surface area contributed by atoms with Crippen molar-refractivity contribution in [1.82, 2.24) is 15.3 Å². The highest BCUT2D eigenvalue weighted by Crippen LogP contribution is 2.28. The highest BCUT2D eigenvalue weighted by Gasteiger charge is 2.22. The number of hydrogen-bond acceptors (Lipinski definition) is 6. The predicted molar refractivity (Wildman–Crippen MR) is 125 cm³/mol. The van der Waals surface area contributed by atoms with Crippen LogP contribution in [0.5, 0.6) is 0 Å². The highest BCUT2D eigenvalue weighted by molar-refractivity contribution is 7.80. The zero-order valence-corrected chi connectivity index (χ0v) is 18.7. The third kappa shape index (κ3) is 5.41. The standard InChI is InChI=1S/C22H32N6OS/c1-16-7-10-27(11-8-16)19-13-20(28-9-3-5-17(2)15-28)25-21(24-19)26-22(30)23-14-18-6-4-12-29-18/h4,6,12-13,16-17H,3,5,7-11,14-15H2,1-2H3,(H2,23,24,25,26,30). The molecular weight excluding hydrogens is 396 g/mol. The number of nitrogens with zero attached hydrogens (tertiary/aromatic N) is 4. The molecule has 0 amide bonds. The maximum Gasteiger partial charge on any atom is 0.232 e. The molecule has 8 heteroatoms. The van der Waals surface area contributed by atoms with Crippen LogP contribution in [0.2, 0.25) is 0 Å². The molecule has 0 aromatic carbocycles. The number of nitrogens with one attached hydrogen (secondary N) is 2. The minimum atomic E-state index is 0.494. The molecule has 2 aromatic rings. The van der Waals surface area contributed by atoms with Crippen LogP contribution in [0.15, 0.2) is 28.9 Å². The number of hydrogen-bond donors (Lipinski definition) is 2. The maximum absolute atomic E-state index is 5.47. The Bertz CT molecular complexity index is 834. The predicted octanol–water partition coefficient (Wildman–Crippen LogP) is 4.03. The van der Waals surface area contributed by atoms with Gasteiger partial charge in [0.05, 0.1) is 12.8 Å². The van der Waals surface area contributed by atoms with Crippen molar-refractivity contribution in [1.29, 1.82) is 0 Å². The molecular formula is C22H32N6OS. The van der Waals surface area contributed by atoms with E-state index in [1.807, 2.05) is 12.1 Å². The zero-order valence-electron chi connectivity index (χ0n) is 17.9. The van der Waals surface area contributed by atoms with Crippen LogP contribution in [0.4, 0.5) is 17.6 Å². The van der Waals surface area contributed by atoms with Gasteiger partial charge < -0.3 is 24.9 Å². The van der Waals surface area contributed by atoms with Crippen molar-refractivity contribution in [3.63, 3.8) is 0 Å². The van der Waals surface area contributed by atoms with Crippen molar-refractivity contribution in [3.05, 3.63) is 30.2 Å². The molecule has 4 heterocycles. The second kappa shape index (κ2) is 9.64. The van der Waals surface area contributed by atoms with Gasteiger partial charge in [-0.2, -0.15) is 9.97 Å². The fourth-order valence-electron chi connectivity index (χ4n) is 4.16. The summed E-state index contributed by atoms with van der Waals surface area (Å²) in [7, 11) is 0. The number of rotatable bonds is 5. The lowest BCUT2D eigenvalue weighted by Crippen LogP contribution is -2.37. The van der Waals surface area contributed by atoms with Crippen LogP contribution in [0.3, 0.4) is 0 Å². The Labute approximate surface area is 184 Å². The summed E-state index contributed by atoms with van der Waals surface area (Å²) < 4.78 is 5.36. The van der Waals surface area contributed by atoms with Crippen molar-refractivity contribution in [2.75, 3.05) is 41.3 Å². The minimum Gasteiger partial charge on any atom is -0.467 e. The Morgan fingerprint density at radius 3 is 2.57 bits per heavy atom. The van der Waals surface area contributed by atoms with E-state index in [1.165, 1.54) is 25.7 Å². The lowest BCUT2D eigenvalue weighted by atomic mass is 9.99. The van der Waals surface area contributed by atoms with E-state index in [-0.39, 0.29) is 0 Å². The number of piperidine rings is 2. The van der Waals surface area contributed by atoms with E-state index < -0.39 is 0 Å². The highest BCUT2D eigenvalue weighted by atomic mass is 32.1. The fourth-order valence-corrected chi connectivity index (χ4v) is 4.33. The van der Waals surface area contributed by atoms with Gasteiger partial charge in [0.2, 0.25) is 5.95 Å². The van der Waals surface area contributed by atoms with E-state index in [4.69, 9.17) is 26.6 Å². The van der Waals surface area contributed by atoms with E-state index in [9.17, 15) is 0 Å². The van der Waals surface area contributed by atoms with Crippen molar-refractivity contribution in [3.8, 4) is 0 Å². The molecule has 1 unspecified atom stereocenters. The molecule has 0 radical (unpaired) electrons. The van der Waals surface area contributed by atoms with Crippen LogP contribution in [-0.2, 0) is 6.54 Å². The molecule has 0 spiro atoms. The first-order valence-corrected chi connectivity index (χ1v) is 11.4. The summed E-state index contributed by atoms with van der Waals surface area (Å²) in [5, 5.41) is 6.84. The Balaban J connectivity index is 1.51. The summed E-state index contributed by atoms with van der Waals surface area (Å²) in [6.07, 6.45) is 6.54. The fraction of sp³-hybridized carbons (Fsp3) is 0.591. The molecule has 2 aromatic heterocycles. The van der Waals surface area contributed by atoms with Crippen LogP contribution in [0.25, 0.3) is 0 Å². The molecule has 4 rings (SSSR count). The summed E-state index contributed by atoms with van der Waals surface area (Å²) in [4.78, 5) is 14.4. The van der Waals surface area contributed by atoms with Gasteiger partial charge in [-0.05, 0) is 61.9 Å². The molecule has 7 nitrogen and oxygen atoms in total. The molecule has 2 fully saturated rings. The smallest absolute Gasteiger partial charge is 0.232 e. The van der Waals surface area contributed by atoms with Gasteiger partial charge in [0.25, 0.3) is 0 Å². The second-order valence-electron chi connectivity index (χ2n) is 8.66. The van der Waals surface area contributed by atoms with Crippen LogP contribution < -0.4 is 20.4 Å². The van der Waals surface area contributed by atoms with Crippen molar-refractivity contribution < 1.29 is 4.42 Å². The summed E-state index contributed by atoms with van der Waals surface area (Å²) in [5.41, 5.74) is 0. The SMILES string of the molecule is CC1CCN(c2cc(N3CCCC(C)C3)nc(NC(=S)NCc3ccco3)n2)CC1. The van der Waals surface area contributed by atoms with E-state index >= 15 is 0 Å². The lowest BCUT2D eigenvalue weighted by Gasteiger charge is -2.34. The van der Waals surface area contributed by atoms with Crippen LogP contribution in [0.1, 0.15) is 45.3 Å². The van der Waals surface area contributed by atoms with E-state index in [1.54, 1.807) is 6.26 Å². The molecule has 162 valence electrons. The van der Waals surface area contributed by atoms with Gasteiger partial charge in [-0.25, -0.2) is 0 Å². The molecule has 2 saturated heterocycles. The Morgan fingerprint density at radius 1 is 1.10 bits per heavy atom. The topological polar surface area (TPSA) is 69.5 Å². The molecule has 1 atom stereocenters. The Hall–Kier alpha value is -2.35. The van der Waals surface area contributed by atoms with Crippen molar-refractivity contribution in [2.24, 2.45) is 11.8 Å². The first kappa shape index (κ1) is 20.9. The molecule has 2 aliphatic heterocycles. The molecule has 0 aliphatic carbocycles. The molecule has 2 aliphatic rings. The van der Waals surface area contributed by atoms with Crippen molar-refractivity contribution >= 4 is 34.9 Å². The van der Waals surface area contributed by atoms with Crippen LogP contribution >= 0.6 is 12.2 Å². The first-order chi connectivity index (χ1) is 14.6. The maximum atomic E-state index is 5.47. The summed E-state index contributed by atoms with van der Waals surface area (Å²) in [6, 6.07) is 5.93. The number of thiocarbonyl (C=S) groups is 1. The Morgan fingerprint density at radius 2 is 1.87 bits per heavy atom. The molecule has 0 saturated carbocycles. The lowest BCUT2D eigenvalue weighted by molar-refractivity contribution is 0.435. The molecule has 30 heavy (non-hydrogen) atoms. The van der Waals surface area contributed by atoms with Gasteiger partial charge in [-0.3, -0.25) is 0 Å². The second-order valence-corrected chi connectivity index (χ2v) is 9.07. The first-order valence-electron chi connectivity index (χ1n) is 11.0. The van der Waals surface area contributed by atoms with Crippen LogP contribution in [0, 0.1) is 11.8 Å². The minimum absolute atomic E-state index is 0.494. The molecule has 0 bridgehead atoms.